The predicted molar refractivity (Wildman–Crippen MR) is 75.5 cm³/mol. The molecule has 100 valence electrons. The van der Waals surface area contributed by atoms with E-state index >= 15 is 0 Å². The SMILES string of the molecule is N#CC(C#N)=Cc1ccc(-c2ncccc2[N+](=O)[O-])cc1. The van der Waals surface area contributed by atoms with Crippen LogP contribution in [-0.4, -0.2) is 9.91 Å². The number of rotatable bonds is 3. The zero-order chi connectivity index (χ0) is 15.2. The molecule has 0 aliphatic carbocycles. The minimum absolute atomic E-state index is 0.00781. The number of pyridine rings is 1. The summed E-state index contributed by atoms with van der Waals surface area (Å²) in [5.74, 6) is 0. The monoisotopic (exact) mass is 276 g/mol. The minimum atomic E-state index is -0.486. The van der Waals surface area contributed by atoms with Gasteiger partial charge in [0.15, 0.2) is 0 Å². The van der Waals surface area contributed by atoms with E-state index in [1.807, 2.05) is 0 Å². The molecule has 6 nitrogen and oxygen atoms in total. The van der Waals surface area contributed by atoms with Crippen LogP contribution in [0.2, 0.25) is 0 Å². The second-order valence-electron chi connectivity index (χ2n) is 4.03. The number of allylic oxidation sites excluding steroid dienone is 1. The first-order valence-corrected chi connectivity index (χ1v) is 5.87. The Morgan fingerprint density at radius 3 is 2.43 bits per heavy atom. The van der Waals surface area contributed by atoms with Crippen LogP contribution in [0.25, 0.3) is 17.3 Å². The normalized spacial score (nSPS) is 9.24. The highest BCUT2D eigenvalue weighted by molar-refractivity contribution is 5.71. The summed E-state index contributed by atoms with van der Waals surface area (Å²) >= 11 is 0. The van der Waals surface area contributed by atoms with Gasteiger partial charge in [0.1, 0.15) is 23.4 Å². The molecular weight excluding hydrogens is 268 g/mol. The number of nitriles is 2. The van der Waals surface area contributed by atoms with E-state index in [0.29, 0.717) is 11.1 Å². The number of hydrogen-bond acceptors (Lipinski definition) is 5. The molecule has 0 amide bonds. The molecule has 0 radical (unpaired) electrons. The number of benzene rings is 1. The van der Waals surface area contributed by atoms with Gasteiger partial charge in [0, 0.05) is 17.8 Å². The van der Waals surface area contributed by atoms with Crippen LogP contribution >= 0.6 is 0 Å². The van der Waals surface area contributed by atoms with Gasteiger partial charge >= 0.3 is 0 Å². The van der Waals surface area contributed by atoms with Crippen molar-refractivity contribution in [2.45, 2.75) is 0 Å². The van der Waals surface area contributed by atoms with Crippen molar-refractivity contribution in [2.24, 2.45) is 0 Å². The molecule has 2 rings (SSSR count). The second kappa shape index (κ2) is 6.09. The lowest BCUT2D eigenvalue weighted by atomic mass is 10.1. The summed E-state index contributed by atoms with van der Waals surface area (Å²) in [6, 6.07) is 13.1. The van der Waals surface area contributed by atoms with Crippen LogP contribution in [0.4, 0.5) is 5.69 Å². The highest BCUT2D eigenvalue weighted by Gasteiger charge is 2.15. The largest absolute Gasteiger partial charge is 0.295 e. The van der Waals surface area contributed by atoms with Gasteiger partial charge in [-0.3, -0.25) is 10.1 Å². The summed E-state index contributed by atoms with van der Waals surface area (Å²) in [5.41, 5.74) is 1.45. The van der Waals surface area contributed by atoms with Crippen molar-refractivity contribution < 1.29 is 4.92 Å². The fraction of sp³-hybridized carbons (Fsp3) is 0. The van der Waals surface area contributed by atoms with Crippen LogP contribution in [-0.2, 0) is 0 Å². The Hall–Kier alpha value is -3.51. The molecule has 0 unspecified atom stereocenters. The summed E-state index contributed by atoms with van der Waals surface area (Å²) in [5, 5.41) is 28.4. The highest BCUT2D eigenvalue weighted by Crippen LogP contribution is 2.27. The van der Waals surface area contributed by atoms with Gasteiger partial charge in [-0.05, 0) is 17.7 Å². The van der Waals surface area contributed by atoms with E-state index < -0.39 is 4.92 Å². The minimum Gasteiger partial charge on any atom is -0.258 e. The molecule has 1 aromatic carbocycles. The van der Waals surface area contributed by atoms with Crippen LogP contribution in [0.3, 0.4) is 0 Å². The lowest BCUT2D eigenvalue weighted by Gasteiger charge is -2.02. The highest BCUT2D eigenvalue weighted by atomic mass is 16.6. The third-order valence-electron chi connectivity index (χ3n) is 2.72. The van der Waals surface area contributed by atoms with Crippen molar-refractivity contribution in [1.29, 1.82) is 10.5 Å². The zero-order valence-corrected chi connectivity index (χ0v) is 10.7. The van der Waals surface area contributed by atoms with Crippen molar-refractivity contribution >= 4 is 11.8 Å². The van der Waals surface area contributed by atoms with E-state index in [1.165, 1.54) is 24.4 Å². The van der Waals surface area contributed by atoms with E-state index in [-0.39, 0.29) is 17.0 Å². The maximum absolute atomic E-state index is 11.0. The molecule has 6 heteroatoms. The fourth-order valence-corrected chi connectivity index (χ4v) is 1.76. The summed E-state index contributed by atoms with van der Waals surface area (Å²) in [4.78, 5) is 14.5. The molecule has 21 heavy (non-hydrogen) atoms. The Bertz CT molecular complexity index is 780. The molecule has 0 fully saturated rings. The number of aromatic nitrogens is 1. The van der Waals surface area contributed by atoms with Gasteiger partial charge < -0.3 is 0 Å². The average molecular weight is 276 g/mol. The molecule has 1 heterocycles. The third-order valence-corrected chi connectivity index (χ3v) is 2.72. The Morgan fingerprint density at radius 2 is 1.86 bits per heavy atom. The fourth-order valence-electron chi connectivity index (χ4n) is 1.76. The molecule has 1 aromatic heterocycles. The Kier molecular flexibility index (Phi) is 4.03. The van der Waals surface area contributed by atoms with Crippen molar-refractivity contribution in [1.82, 2.24) is 4.98 Å². The van der Waals surface area contributed by atoms with Crippen LogP contribution < -0.4 is 0 Å². The first kappa shape index (κ1) is 13.9. The number of nitrogens with zero attached hydrogens (tertiary/aromatic N) is 4. The van der Waals surface area contributed by atoms with Gasteiger partial charge in [-0.2, -0.15) is 10.5 Å². The lowest BCUT2D eigenvalue weighted by molar-refractivity contribution is -0.384. The molecule has 0 aliphatic heterocycles. The van der Waals surface area contributed by atoms with Gasteiger partial charge in [-0.1, -0.05) is 24.3 Å². The molecule has 0 N–H and O–H groups in total. The Balaban J connectivity index is 2.42. The van der Waals surface area contributed by atoms with Gasteiger partial charge in [0.25, 0.3) is 5.69 Å². The first-order valence-electron chi connectivity index (χ1n) is 5.87. The van der Waals surface area contributed by atoms with Crippen molar-refractivity contribution in [2.75, 3.05) is 0 Å². The molecule has 0 spiro atoms. The summed E-state index contributed by atoms with van der Waals surface area (Å²) in [6.07, 6.45) is 2.93. The molecular formula is C15H8N4O2. The first-order chi connectivity index (χ1) is 10.2. The second-order valence-corrected chi connectivity index (χ2v) is 4.03. The van der Waals surface area contributed by atoms with Crippen molar-refractivity contribution in [3.05, 3.63) is 63.8 Å². The lowest BCUT2D eigenvalue weighted by Crippen LogP contribution is -1.94. The van der Waals surface area contributed by atoms with Crippen molar-refractivity contribution in [3.63, 3.8) is 0 Å². The number of hydrogen-bond donors (Lipinski definition) is 0. The van der Waals surface area contributed by atoms with Crippen LogP contribution in [0.15, 0.2) is 48.2 Å². The molecule has 0 aliphatic rings. The third kappa shape index (κ3) is 3.09. The molecule has 0 bridgehead atoms. The van der Waals surface area contributed by atoms with Gasteiger partial charge in [0.05, 0.1) is 4.92 Å². The van der Waals surface area contributed by atoms with Crippen LogP contribution in [0.5, 0.6) is 0 Å². The maximum Gasteiger partial charge on any atom is 0.295 e. The quantitative estimate of drug-likeness (QED) is 0.486. The Morgan fingerprint density at radius 1 is 1.19 bits per heavy atom. The van der Waals surface area contributed by atoms with Gasteiger partial charge in [-0.15, -0.1) is 0 Å². The van der Waals surface area contributed by atoms with Crippen LogP contribution in [0, 0.1) is 32.8 Å². The number of nitro groups is 1. The summed E-state index contributed by atoms with van der Waals surface area (Å²) < 4.78 is 0. The maximum atomic E-state index is 11.0. The van der Waals surface area contributed by atoms with Crippen LogP contribution in [0.1, 0.15) is 5.56 Å². The van der Waals surface area contributed by atoms with E-state index in [4.69, 9.17) is 10.5 Å². The van der Waals surface area contributed by atoms with Gasteiger partial charge in [-0.25, -0.2) is 4.98 Å². The van der Waals surface area contributed by atoms with Gasteiger partial charge in [0.2, 0.25) is 0 Å². The molecule has 0 atom stereocenters. The molecule has 0 saturated heterocycles. The predicted octanol–water partition coefficient (Wildman–Crippen LogP) is 3.09. The van der Waals surface area contributed by atoms with E-state index in [9.17, 15) is 10.1 Å². The van der Waals surface area contributed by atoms with E-state index in [2.05, 4.69) is 4.98 Å². The van der Waals surface area contributed by atoms with Crippen molar-refractivity contribution in [3.8, 4) is 23.4 Å². The standard InChI is InChI=1S/C15H8N4O2/c16-9-12(10-17)8-11-3-5-13(6-4-11)15-14(19(20)21)2-1-7-18-15/h1-8H. The topological polar surface area (TPSA) is 104 Å². The summed E-state index contributed by atoms with van der Waals surface area (Å²) in [6.45, 7) is 0. The van der Waals surface area contributed by atoms with E-state index in [0.717, 1.165) is 0 Å². The molecule has 0 saturated carbocycles. The smallest absolute Gasteiger partial charge is 0.258 e. The zero-order valence-electron chi connectivity index (χ0n) is 10.7. The average Bonchev–Trinajstić information content (AvgIpc) is 2.53. The van der Waals surface area contributed by atoms with E-state index in [1.54, 1.807) is 36.4 Å². The summed E-state index contributed by atoms with van der Waals surface area (Å²) in [7, 11) is 0. The molecule has 2 aromatic rings. The Labute approximate surface area is 120 Å².